The molecule has 0 spiro atoms. The molecule has 21 heavy (non-hydrogen) atoms. The number of amides is 1. The molecule has 0 radical (unpaired) electrons. The smallest absolute Gasteiger partial charge is 0.312 e. The molecule has 1 amide bonds. The molecule has 1 aliphatic heterocycles. The van der Waals surface area contributed by atoms with Crippen LogP contribution in [0.15, 0.2) is 47.3 Å². The Labute approximate surface area is 121 Å². The van der Waals surface area contributed by atoms with E-state index in [0.717, 1.165) is 5.56 Å². The van der Waals surface area contributed by atoms with Crippen molar-refractivity contribution in [3.63, 3.8) is 0 Å². The molecule has 0 aliphatic carbocycles. The molecule has 2 aromatic rings. The van der Waals surface area contributed by atoms with Gasteiger partial charge in [0.25, 0.3) is 0 Å². The van der Waals surface area contributed by atoms with Crippen molar-refractivity contribution in [2.24, 2.45) is 0 Å². The summed E-state index contributed by atoms with van der Waals surface area (Å²) in [6.45, 7) is 0.207. The summed E-state index contributed by atoms with van der Waals surface area (Å²) in [5.74, 6) is -1.60. The fourth-order valence-corrected chi connectivity index (χ4v) is 2.68. The van der Waals surface area contributed by atoms with Crippen molar-refractivity contribution in [3.8, 4) is 0 Å². The largest absolute Gasteiger partial charge is 0.481 e. The van der Waals surface area contributed by atoms with Gasteiger partial charge in [-0.25, -0.2) is 0 Å². The first kappa shape index (κ1) is 13.4. The number of nitrogens with zero attached hydrogens (tertiary/aromatic N) is 1. The van der Waals surface area contributed by atoms with Gasteiger partial charge in [-0.05, 0) is 29.7 Å². The molecular formula is C16H15NO4. The second kappa shape index (κ2) is 5.44. The maximum atomic E-state index is 12.4. The number of rotatable bonds is 4. The second-order valence-corrected chi connectivity index (χ2v) is 5.09. The van der Waals surface area contributed by atoms with Crippen LogP contribution in [-0.2, 0) is 16.0 Å². The summed E-state index contributed by atoms with van der Waals surface area (Å²) in [7, 11) is 0. The Kier molecular flexibility index (Phi) is 3.48. The molecule has 1 atom stereocenters. The highest BCUT2D eigenvalue weighted by molar-refractivity contribution is 5.99. The molecule has 5 nitrogen and oxygen atoms in total. The minimum absolute atomic E-state index is 0.0626. The maximum absolute atomic E-state index is 12.4. The number of carboxylic acids is 1. The number of aliphatic carboxylic acids is 1. The standard InChI is InChI=1S/C16H15NO4/c18-15(6-5-11-7-8-21-10-11)17-9-13(16(19)20)12-3-1-2-4-14(12)17/h1-4,7-8,10,13H,5-6,9H2,(H,19,20). The van der Waals surface area contributed by atoms with E-state index in [0.29, 0.717) is 24.1 Å². The van der Waals surface area contributed by atoms with E-state index < -0.39 is 11.9 Å². The van der Waals surface area contributed by atoms with Gasteiger partial charge in [0.2, 0.25) is 5.91 Å². The zero-order valence-corrected chi connectivity index (χ0v) is 11.4. The van der Waals surface area contributed by atoms with Gasteiger partial charge >= 0.3 is 5.97 Å². The highest BCUT2D eigenvalue weighted by Crippen LogP contribution is 2.36. The molecule has 1 aromatic carbocycles. The molecule has 1 N–H and O–H groups in total. The van der Waals surface area contributed by atoms with E-state index in [-0.39, 0.29) is 12.5 Å². The van der Waals surface area contributed by atoms with Gasteiger partial charge in [0.15, 0.2) is 0 Å². The van der Waals surface area contributed by atoms with Crippen molar-refractivity contribution in [2.75, 3.05) is 11.4 Å². The zero-order chi connectivity index (χ0) is 14.8. The van der Waals surface area contributed by atoms with Crippen LogP contribution in [0.4, 0.5) is 5.69 Å². The fourth-order valence-electron chi connectivity index (χ4n) is 2.68. The Morgan fingerprint density at radius 1 is 1.29 bits per heavy atom. The molecule has 1 aromatic heterocycles. The summed E-state index contributed by atoms with van der Waals surface area (Å²) in [5, 5.41) is 9.29. The van der Waals surface area contributed by atoms with E-state index in [4.69, 9.17) is 4.42 Å². The number of benzene rings is 1. The molecule has 108 valence electrons. The van der Waals surface area contributed by atoms with E-state index >= 15 is 0 Å². The lowest BCUT2D eigenvalue weighted by Gasteiger charge is -2.17. The number of para-hydroxylation sites is 1. The summed E-state index contributed by atoms with van der Waals surface area (Å²) in [4.78, 5) is 25.3. The van der Waals surface area contributed by atoms with Gasteiger partial charge in [-0.3, -0.25) is 9.59 Å². The number of hydrogen-bond acceptors (Lipinski definition) is 3. The molecular weight excluding hydrogens is 270 g/mol. The highest BCUT2D eigenvalue weighted by atomic mass is 16.4. The molecule has 1 unspecified atom stereocenters. The van der Waals surface area contributed by atoms with Crippen molar-refractivity contribution in [2.45, 2.75) is 18.8 Å². The number of carbonyl (C=O) groups is 2. The van der Waals surface area contributed by atoms with Gasteiger partial charge in [-0.1, -0.05) is 18.2 Å². The fraction of sp³-hybridized carbons (Fsp3) is 0.250. The number of anilines is 1. The number of aryl methyl sites for hydroxylation is 1. The highest BCUT2D eigenvalue weighted by Gasteiger charge is 2.35. The first-order chi connectivity index (χ1) is 10.2. The maximum Gasteiger partial charge on any atom is 0.312 e. The summed E-state index contributed by atoms with van der Waals surface area (Å²) in [6.07, 6.45) is 4.11. The average Bonchev–Trinajstić information content (AvgIpc) is 3.12. The lowest BCUT2D eigenvalue weighted by molar-refractivity contribution is -0.138. The van der Waals surface area contributed by atoms with E-state index in [1.54, 1.807) is 35.6 Å². The SMILES string of the molecule is O=C(O)C1CN(C(=O)CCc2ccoc2)c2ccccc21. The van der Waals surface area contributed by atoms with Gasteiger partial charge in [-0.2, -0.15) is 0 Å². The predicted octanol–water partition coefficient (Wildman–Crippen LogP) is 2.43. The van der Waals surface area contributed by atoms with Crippen LogP contribution < -0.4 is 4.90 Å². The molecule has 0 bridgehead atoms. The molecule has 0 saturated carbocycles. The van der Waals surface area contributed by atoms with Crippen LogP contribution in [0.5, 0.6) is 0 Å². The molecule has 3 rings (SSSR count). The van der Waals surface area contributed by atoms with Crippen LogP contribution in [0.2, 0.25) is 0 Å². The predicted molar refractivity (Wildman–Crippen MR) is 76.2 cm³/mol. The number of carbonyl (C=O) groups excluding carboxylic acids is 1. The van der Waals surface area contributed by atoms with Gasteiger partial charge < -0.3 is 14.4 Å². The first-order valence-electron chi connectivity index (χ1n) is 6.80. The number of fused-ring (bicyclic) bond motifs is 1. The normalized spacial score (nSPS) is 16.8. The molecule has 2 heterocycles. The Morgan fingerprint density at radius 3 is 2.81 bits per heavy atom. The molecule has 1 aliphatic rings. The van der Waals surface area contributed by atoms with E-state index in [2.05, 4.69) is 0 Å². The van der Waals surface area contributed by atoms with Crippen LogP contribution in [0.3, 0.4) is 0 Å². The zero-order valence-electron chi connectivity index (χ0n) is 11.4. The van der Waals surface area contributed by atoms with Gasteiger partial charge in [0, 0.05) is 18.7 Å². The first-order valence-corrected chi connectivity index (χ1v) is 6.80. The molecule has 5 heteroatoms. The van der Waals surface area contributed by atoms with E-state index in [1.807, 2.05) is 12.1 Å². The van der Waals surface area contributed by atoms with Gasteiger partial charge in [0.05, 0.1) is 12.5 Å². The van der Waals surface area contributed by atoms with Crippen molar-refractivity contribution in [1.82, 2.24) is 0 Å². The average molecular weight is 285 g/mol. The monoisotopic (exact) mass is 285 g/mol. The van der Waals surface area contributed by atoms with Crippen LogP contribution in [0, 0.1) is 0 Å². The van der Waals surface area contributed by atoms with Crippen LogP contribution in [-0.4, -0.2) is 23.5 Å². The van der Waals surface area contributed by atoms with Crippen LogP contribution in [0.1, 0.15) is 23.5 Å². The second-order valence-electron chi connectivity index (χ2n) is 5.09. The quantitative estimate of drug-likeness (QED) is 0.936. The Hall–Kier alpha value is -2.56. The Morgan fingerprint density at radius 2 is 2.10 bits per heavy atom. The summed E-state index contributed by atoms with van der Waals surface area (Å²) >= 11 is 0. The van der Waals surface area contributed by atoms with Gasteiger partial charge in [0.1, 0.15) is 5.92 Å². The molecule has 0 fully saturated rings. The Balaban J connectivity index is 1.76. The van der Waals surface area contributed by atoms with Crippen LogP contribution in [0.25, 0.3) is 0 Å². The topological polar surface area (TPSA) is 70.8 Å². The number of carboxylic acid groups (broad SMARTS) is 1. The minimum Gasteiger partial charge on any atom is -0.481 e. The van der Waals surface area contributed by atoms with Crippen molar-refractivity contribution in [3.05, 3.63) is 54.0 Å². The summed E-state index contributed by atoms with van der Waals surface area (Å²) in [6, 6.07) is 9.02. The third kappa shape index (κ3) is 2.54. The lowest BCUT2D eigenvalue weighted by Crippen LogP contribution is -2.31. The van der Waals surface area contributed by atoms with Crippen molar-refractivity contribution < 1.29 is 19.1 Å². The third-order valence-electron chi connectivity index (χ3n) is 3.77. The molecule has 0 saturated heterocycles. The minimum atomic E-state index is -0.896. The van der Waals surface area contributed by atoms with Gasteiger partial charge in [-0.15, -0.1) is 0 Å². The Bertz CT molecular complexity index is 663. The number of hydrogen-bond donors (Lipinski definition) is 1. The van der Waals surface area contributed by atoms with E-state index in [9.17, 15) is 14.7 Å². The summed E-state index contributed by atoms with van der Waals surface area (Å²) < 4.78 is 4.97. The lowest BCUT2D eigenvalue weighted by atomic mass is 10.0. The van der Waals surface area contributed by atoms with Crippen molar-refractivity contribution in [1.29, 1.82) is 0 Å². The number of furan rings is 1. The van der Waals surface area contributed by atoms with Crippen LogP contribution >= 0.6 is 0 Å². The third-order valence-corrected chi connectivity index (χ3v) is 3.77. The van der Waals surface area contributed by atoms with E-state index in [1.165, 1.54) is 0 Å². The van der Waals surface area contributed by atoms with Crippen molar-refractivity contribution >= 4 is 17.6 Å². The summed E-state index contributed by atoms with van der Waals surface area (Å²) in [5.41, 5.74) is 2.38.